The molecule has 1 aromatic heterocycles. The monoisotopic (exact) mass is 554 g/mol. The minimum atomic E-state index is -3.55. The Morgan fingerprint density at radius 2 is 2.06 bits per heavy atom. The van der Waals surface area contributed by atoms with Gasteiger partial charge in [-0.3, -0.25) is 4.79 Å². The lowest BCUT2D eigenvalue weighted by Gasteiger charge is -2.53. The van der Waals surface area contributed by atoms with Crippen molar-refractivity contribution in [3.63, 3.8) is 0 Å². The summed E-state index contributed by atoms with van der Waals surface area (Å²) in [5.74, 6) is -0.773. The summed E-state index contributed by atoms with van der Waals surface area (Å²) in [4.78, 5) is 18.8. The summed E-state index contributed by atoms with van der Waals surface area (Å²) in [6.45, 7) is 7.08. The summed E-state index contributed by atoms with van der Waals surface area (Å²) >= 11 is 7.38. The molecule has 1 saturated carbocycles. The number of amides is 1. The number of ether oxygens (including phenoxy) is 1. The number of sulfone groups is 1. The predicted octanol–water partition coefficient (Wildman–Crippen LogP) is 4.22. The van der Waals surface area contributed by atoms with Crippen molar-refractivity contribution in [1.29, 1.82) is 0 Å². The van der Waals surface area contributed by atoms with Crippen molar-refractivity contribution in [2.24, 2.45) is 23.2 Å². The van der Waals surface area contributed by atoms with Gasteiger partial charge in [0.1, 0.15) is 10.8 Å². The molecule has 10 heteroatoms. The molecule has 6 atom stereocenters. The molecule has 1 aromatic carbocycles. The van der Waals surface area contributed by atoms with E-state index < -0.39 is 15.9 Å². The number of aliphatic hydroxyl groups is 1. The lowest BCUT2D eigenvalue weighted by atomic mass is 9.53. The van der Waals surface area contributed by atoms with Crippen LogP contribution in [0.5, 0.6) is 0 Å². The van der Waals surface area contributed by atoms with Gasteiger partial charge in [-0.2, -0.15) is 0 Å². The van der Waals surface area contributed by atoms with Gasteiger partial charge < -0.3 is 15.2 Å². The Morgan fingerprint density at radius 1 is 1.36 bits per heavy atom. The van der Waals surface area contributed by atoms with Gasteiger partial charge in [0.25, 0.3) is 0 Å². The number of methoxy groups -OCH3 is 1. The highest BCUT2D eigenvalue weighted by atomic mass is 35.5. The second-order valence-electron chi connectivity index (χ2n) is 10.5. The molecule has 2 aliphatic rings. The van der Waals surface area contributed by atoms with E-state index in [1.807, 2.05) is 6.92 Å². The molecular weight excluding hydrogens is 520 g/mol. The van der Waals surface area contributed by atoms with Crippen molar-refractivity contribution in [2.45, 2.75) is 62.7 Å². The predicted molar refractivity (Wildman–Crippen MR) is 141 cm³/mol. The fourth-order valence-corrected chi connectivity index (χ4v) is 9.28. The Labute approximate surface area is 222 Å². The largest absolute Gasteiger partial charge is 0.392 e. The number of aliphatic hydroxyl groups excluding tert-OH is 1. The fourth-order valence-electron chi connectivity index (χ4n) is 6.18. The van der Waals surface area contributed by atoms with Gasteiger partial charge in [0.2, 0.25) is 5.91 Å². The van der Waals surface area contributed by atoms with Crippen LogP contribution in [0.15, 0.2) is 29.2 Å². The van der Waals surface area contributed by atoms with E-state index in [1.54, 1.807) is 19.2 Å². The Balaban J connectivity index is 1.54. The highest BCUT2D eigenvalue weighted by molar-refractivity contribution is 7.90. The van der Waals surface area contributed by atoms with Crippen LogP contribution in [0.2, 0.25) is 5.02 Å². The summed E-state index contributed by atoms with van der Waals surface area (Å²) in [5, 5.41) is 15.5. The standard InChI is InChI=1S/C26H35ClN2O5S2/c1-15(25(31)28-11-12-34-4)19-9-10-26(3)13-20-23(16(2)22(26)24(19)30)29-21(35-20)14-36(32,33)18-7-5-17(27)6-8-18/h5-8,15-16,19,22,24,30H,9-14H2,1-4H3,(H,28,31)/t15-,16-,19?,22+,24-,26-/m0/s1. The first-order valence-electron chi connectivity index (χ1n) is 12.4. The van der Waals surface area contributed by atoms with Gasteiger partial charge >= 0.3 is 0 Å². The third-order valence-electron chi connectivity index (χ3n) is 8.11. The number of fused-ring (bicyclic) bond motifs is 2. The van der Waals surface area contributed by atoms with E-state index in [0.29, 0.717) is 23.2 Å². The number of thiazole rings is 1. The average molecular weight is 555 g/mol. The van der Waals surface area contributed by atoms with Crippen LogP contribution in [0.3, 0.4) is 0 Å². The molecule has 2 aromatic rings. The highest BCUT2D eigenvalue weighted by Gasteiger charge is 2.53. The smallest absolute Gasteiger partial charge is 0.223 e. The summed E-state index contributed by atoms with van der Waals surface area (Å²) in [7, 11) is -1.96. The van der Waals surface area contributed by atoms with E-state index in [1.165, 1.54) is 23.5 Å². The molecule has 4 rings (SSSR count). The zero-order valence-electron chi connectivity index (χ0n) is 21.2. The van der Waals surface area contributed by atoms with Crippen molar-refractivity contribution in [3.8, 4) is 0 Å². The average Bonchev–Trinajstić information content (AvgIpc) is 3.20. The molecule has 1 heterocycles. The van der Waals surface area contributed by atoms with Crippen molar-refractivity contribution in [2.75, 3.05) is 20.3 Å². The molecule has 1 fully saturated rings. The van der Waals surface area contributed by atoms with Gasteiger partial charge in [-0.25, -0.2) is 13.4 Å². The van der Waals surface area contributed by atoms with Crippen molar-refractivity contribution in [1.82, 2.24) is 10.3 Å². The van der Waals surface area contributed by atoms with Crippen LogP contribution in [-0.4, -0.2) is 50.8 Å². The van der Waals surface area contributed by atoms with E-state index in [0.717, 1.165) is 29.8 Å². The van der Waals surface area contributed by atoms with Gasteiger partial charge in [-0.15, -0.1) is 11.3 Å². The third-order valence-corrected chi connectivity index (χ3v) is 11.3. The molecule has 36 heavy (non-hydrogen) atoms. The van der Waals surface area contributed by atoms with E-state index in [2.05, 4.69) is 19.2 Å². The molecule has 0 radical (unpaired) electrons. The molecule has 1 unspecified atom stereocenters. The maximum Gasteiger partial charge on any atom is 0.223 e. The number of rotatable bonds is 8. The third kappa shape index (κ3) is 5.36. The second kappa shape index (κ2) is 10.7. The highest BCUT2D eigenvalue weighted by Crippen LogP contribution is 2.57. The molecule has 0 saturated heterocycles. The van der Waals surface area contributed by atoms with Crippen LogP contribution >= 0.6 is 22.9 Å². The zero-order chi connectivity index (χ0) is 26.3. The molecule has 2 aliphatic carbocycles. The first-order valence-corrected chi connectivity index (χ1v) is 15.2. The summed E-state index contributed by atoms with van der Waals surface area (Å²) in [6.07, 6.45) is 1.78. The van der Waals surface area contributed by atoms with Crippen molar-refractivity contribution >= 4 is 38.7 Å². The van der Waals surface area contributed by atoms with E-state index in [-0.39, 0.29) is 45.6 Å². The minimum Gasteiger partial charge on any atom is -0.392 e. The number of halogens is 1. The molecule has 0 spiro atoms. The molecule has 0 aliphatic heterocycles. The quantitative estimate of drug-likeness (QED) is 0.473. The Bertz CT molecular complexity index is 1200. The van der Waals surface area contributed by atoms with Crippen molar-refractivity contribution < 1.29 is 23.1 Å². The summed E-state index contributed by atoms with van der Waals surface area (Å²) in [5.41, 5.74) is 0.758. The maximum atomic E-state index is 13.0. The summed E-state index contributed by atoms with van der Waals surface area (Å²) < 4.78 is 31.0. The van der Waals surface area contributed by atoms with Gasteiger partial charge in [0, 0.05) is 35.4 Å². The van der Waals surface area contributed by atoms with E-state index in [4.69, 9.17) is 21.3 Å². The van der Waals surface area contributed by atoms with Crippen LogP contribution in [0.25, 0.3) is 0 Å². The van der Waals surface area contributed by atoms with Gasteiger partial charge in [0.05, 0.1) is 23.3 Å². The first-order chi connectivity index (χ1) is 17.0. The molecule has 2 N–H and O–H groups in total. The van der Waals surface area contributed by atoms with Gasteiger partial charge in [-0.05, 0) is 60.8 Å². The molecule has 198 valence electrons. The van der Waals surface area contributed by atoms with Crippen LogP contribution in [0.1, 0.15) is 55.1 Å². The Hall–Kier alpha value is -1.52. The normalized spacial score (nSPS) is 28.7. The topological polar surface area (TPSA) is 106 Å². The lowest BCUT2D eigenvalue weighted by Crippen LogP contribution is -2.53. The van der Waals surface area contributed by atoms with Gasteiger partial charge in [-0.1, -0.05) is 32.4 Å². The molecular formula is C26H35ClN2O5S2. The number of hydrogen-bond donors (Lipinski definition) is 2. The van der Waals surface area contributed by atoms with Gasteiger partial charge in [0.15, 0.2) is 9.84 Å². The number of benzene rings is 1. The molecule has 7 nitrogen and oxygen atoms in total. The summed E-state index contributed by atoms with van der Waals surface area (Å²) in [6, 6.07) is 6.19. The minimum absolute atomic E-state index is 0.0384. The maximum absolute atomic E-state index is 13.0. The number of carbonyl (C=O) groups excluding carboxylic acids is 1. The number of carbonyl (C=O) groups is 1. The first kappa shape index (κ1) is 27.5. The van der Waals surface area contributed by atoms with Crippen LogP contribution in [0, 0.1) is 23.2 Å². The van der Waals surface area contributed by atoms with Crippen LogP contribution in [0.4, 0.5) is 0 Å². The van der Waals surface area contributed by atoms with Crippen LogP contribution < -0.4 is 5.32 Å². The Kier molecular flexibility index (Phi) is 8.17. The van der Waals surface area contributed by atoms with E-state index in [9.17, 15) is 18.3 Å². The zero-order valence-corrected chi connectivity index (χ0v) is 23.5. The lowest BCUT2D eigenvalue weighted by molar-refractivity contribution is -0.135. The number of nitrogens with one attached hydrogen (secondary N) is 1. The number of aromatic nitrogens is 1. The molecule has 1 amide bonds. The second-order valence-corrected chi connectivity index (χ2v) is 14.1. The van der Waals surface area contributed by atoms with Crippen molar-refractivity contribution in [3.05, 3.63) is 44.9 Å². The Morgan fingerprint density at radius 3 is 2.72 bits per heavy atom. The number of nitrogens with zero attached hydrogens (tertiary/aromatic N) is 1. The van der Waals surface area contributed by atoms with Crippen LogP contribution in [-0.2, 0) is 31.5 Å². The number of hydrogen-bond acceptors (Lipinski definition) is 7. The SMILES string of the molecule is COCCNC(=O)[C@@H](C)C1CC[C@@]2(C)Cc3sc(CS(=O)(=O)c4ccc(Cl)cc4)nc3[C@@H](C)[C@@H]2[C@H]1O. The molecule has 0 bridgehead atoms. The van der Waals surface area contributed by atoms with E-state index >= 15 is 0 Å². The fraction of sp³-hybridized carbons (Fsp3) is 0.615.